The number of halogens is 3. The van der Waals surface area contributed by atoms with E-state index in [1.165, 1.54) is 23.3 Å². The highest BCUT2D eigenvalue weighted by Crippen LogP contribution is 2.31. The highest BCUT2D eigenvalue weighted by Gasteiger charge is 2.30. The number of nitrogens with zero attached hydrogens (tertiary/aromatic N) is 1. The second kappa shape index (κ2) is 9.70. The summed E-state index contributed by atoms with van der Waals surface area (Å²) in [5, 5.41) is 3.71. The van der Waals surface area contributed by atoms with Gasteiger partial charge in [-0.2, -0.15) is 13.2 Å². The van der Waals surface area contributed by atoms with Gasteiger partial charge in [0.2, 0.25) is 5.91 Å². The van der Waals surface area contributed by atoms with Crippen molar-refractivity contribution in [3.8, 4) is 5.75 Å². The Morgan fingerprint density at radius 2 is 2.06 bits per heavy atom. The minimum atomic E-state index is -4.44. The first-order valence-corrected chi connectivity index (χ1v) is 10.8. The van der Waals surface area contributed by atoms with E-state index in [1.54, 1.807) is 7.11 Å². The third-order valence-electron chi connectivity index (χ3n) is 5.83. The van der Waals surface area contributed by atoms with E-state index in [4.69, 9.17) is 4.74 Å². The predicted molar refractivity (Wildman–Crippen MR) is 122 cm³/mol. The summed E-state index contributed by atoms with van der Waals surface area (Å²) in [5.41, 5.74) is 2.91. The number of benzene rings is 2. The molecule has 0 bridgehead atoms. The zero-order valence-corrected chi connectivity index (χ0v) is 18.3. The molecule has 8 heteroatoms. The lowest BCUT2D eigenvalue weighted by Crippen LogP contribution is -2.33. The van der Waals surface area contributed by atoms with Crippen LogP contribution in [0.1, 0.15) is 24.0 Å². The summed E-state index contributed by atoms with van der Waals surface area (Å²) in [5.74, 6) is 0.517. The fourth-order valence-corrected chi connectivity index (χ4v) is 4.13. The van der Waals surface area contributed by atoms with Gasteiger partial charge in [-0.3, -0.25) is 9.69 Å². The zero-order chi connectivity index (χ0) is 23.4. The molecule has 33 heavy (non-hydrogen) atoms. The molecule has 1 aliphatic rings. The lowest BCUT2D eigenvalue weighted by Gasteiger charge is -2.27. The van der Waals surface area contributed by atoms with Crippen LogP contribution in [0.4, 0.5) is 18.9 Å². The monoisotopic (exact) mass is 457 g/mol. The molecule has 1 amide bonds. The Bertz CT molecular complexity index is 1170. The first-order chi connectivity index (χ1) is 15.8. The van der Waals surface area contributed by atoms with Gasteiger partial charge in [-0.1, -0.05) is 17.7 Å². The molecule has 2 aromatic carbocycles. The highest BCUT2D eigenvalue weighted by molar-refractivity contribution is 5.91. The van der Waals surface area contributed by atoms with Gasteiger partial charge in [0.25, 0.3) is 0 Å². The van der Waals surface area contributed by atoms with Gasteiger partial charge in [0.05, 0.1) is 12.7 Å². The summed E-state index contributed by atoms with van der Waals surface area (Å²) in [6, 6.07) is 10.7. The summed E-state index contributed by atoms with van der Waals surface area (Å²) in [6.45, 7) is 2.15. The number of anilines is 1. The van der Waals surface area contributed by atoms with Crippen molar-refractivity contribution in [3.63, 3.8) is 0 Å². The van der Waals surface area contributed by atoms with Crippen LogP contribution >= 0.6 is 0 Å². The minimum Gasteiger partial charge on any atom is -0.497 e. The number of carbonyl (C=O) groups is 1. The number of rotatable bonds is 7. The van der Waals surface area contributed by atoms with Crippen molar-refractivity contribution < 1.29 is 22.7 Å². The Balaban J connectivity index is 1.31. The molecule has 0 saturated heterocycles. The number of hydrogen-bond acceptors (Lipinski definition) is 3. The quantitative estimate of drug-likeness (QED) is 0.467. The lowest BCUT2D eigenvalue weighted by atomic mass is 10.0. The van der Waals surface area contributed by atoms with E-state index in [0.29, 0.717) is 6.54 Å². The van der Waals surface area contributed by atoms with Crippen molar-refractivity contribution in [3.05, 3.63) is 71.4 Å². The van der Waals surface area contributed by atoms with Crippen LogP contribution in [-0.4, -0.2) is 42.5 Å². The maximum Gasteiger partial charge on any atom is 0.416 e. The Labute approximate surface area is 190 Å². The molecule has 0 radical (unpaired) electrons. The van der Waals surface area contributed by atoms with Crippen molar-refractivity contribution in [2.45, 2.75) is 25.4 Å². The van der Waals surface area contributed by atoms with Crippen molar-refractivity contribution in [2.75, 3.05) is 32.1 Å². The molecule has 0 spiro atoms. The van der Waals surface area contributed by atoms with Crippen LogP contribution in [0.3, 0.4) is 0 Å². The maximum atomic E-state index is 12.9. The summed E-state index contributed by atoms with van der Waals surface area (Å²) in [6.07, 6.45) is 1.75. The van der Waals surface area contributed by atoms with Crippen LogP contribution in [0, 0.1) is 0 Å². The zero-order valence-electron chi connectivity index (χ0n) is 18.3. The van der Waals surface area contributed by atoms with E-state index < -0.39 is 11.7 Å². The van der Waals surface area contributed by atoms with Gasteiger partial charge in [-0.15, -0.1) is 0 Å². The first-order valence-electron chi connectivity index (χ1n) is 10.8. The van der Waals surface area contributed by atoms with E-state index >= 15 is 0 Å². The molecule has 0 fully saturated rings. The average molecular weight is 457 g/mol. The van der Waals surface area contributed by atoms with Crippen molar-refractivity contribution in [1.29, 1.82) is 0 Å². The lowest BCUT2D eigenvalue weighted by molar-refractivity contribution is -0.137. The SMILES string of the molecule is COc1ccc2[nH]cc(CC3=CCCN(CCC(=O)Nc4cccc(C(F)(F)F)c4)C3)c2c1. The van der Waals surface area contributed by atoms with E-state index in [-0.39, 0.29) is 18.0 Å². The summed E-state index contributed by atoms with van der Waals surface area (Å²) >= 11 is 0. The van der Waals surface area contributed by atoms with Crippen LogP contribution < -0.4 is 10.1 Å². The fourth-order valence-electron chi connectivity index (χ4n) is 4.13. The molecule has 2 heterocycles. The number of H-pyrrole nitrogens is 1. The van der Waals surface area contributed by atoms with Crippen molar-refractivity contribution >= 4 is 22.5 Å². The van der Waals surface area contributed by atoms with Gasteiger partial charge in [0, 0.05) is 48.8 Å². The standard InChI is InChI=1S/C25H26F3N3O2/c1-33-21-7-8-23-22(14-21)18(15-29-23)12-17-4-3-10-31(16-17)11-9-24(32)30-20-6-2-5-19(13-20)25(26,27)28/h2,4-8,13-15,29H,3,9-12,16H2,1H3,(H,30,32). The molecule has 2 N–H and O–H groups in total. The molecule has 1 aromatic heterocycles. The predicted octanol–water partition coefficient (Wildman–Crippen LogP) is 5.40. The number of aromatic amines is 1. The van der Waals surface area contributed by atoms with Crippen molar-refractivity contribution in [1.82, 2.24) is 9.88 Å². The summed E-state index contributed by atoms with van der Waals surface area (Å²) in [7, 11) is 1.65. The van der Waals surface area contributed by atoms with Crippen LogP contribution in [0.5, 0.6) is 5.75 Å². The van der Waals surface area contributed by atoms with E-state index in [0.717, 1.165) is 54.7 Å². The Hall–Kier alpha value is -3.26. The second-order valence-corrected chi connectivity index (χ2v) is 8.21. The molecular formula is C25H26F3N3O2. The van der Waals surface area contributed by atoms with Crippen LogP contribution in [0.2, 0.25) is 0 Å². The van der Waals surface area contributed by atoms with Gasteiger partial charge in [0.1, 0.15) is 5.75 Å². The van der Waals surface area contributed by atoms with Gasteiger partial charge in [-0.05, 0) is 54.8 Å². The number of hydrogen-bond donors (Lipinski definition) is 2. The largest absolute Gasteiger partial charge is 0.497 e. The third-order valence-corrected chi connectivity index (χ3v) is 5.83. The molecule has 1 aliphatic heterocycles. The average Bonchev–Trinajstić information content (AvgIpc) is 3.19. The Morgan fingerprint density at radius 1 is 1.21 bits per heavy atom. The molecule has 0 saturated carbocycles. The first kappa shape index (κ1) is 22.9. The van der Waals surface area contributed by atoms with Gasteiger partial charge in [0.15, 0.2) is 0 Å². The number of ether oxygens (including phenoxy) is 1. The number of nitrogens with one attached hydrogen (secondary N) is 2. The van der Waals surface area contributed by atoms with Crippen LogP contribution in [0.15, 0.2) is 60.3 Å². The Kier molecular flexibility index (Phi) is 6.74. The number of carbonyl (C=O) groups excluding carboxylic acids is 1. The molecule has 0 atom stereocenters. The summed E-state index contributed by atoms with van der Waals surface area (Å²) < 4.78 is 43.9. The maximum absolute atomic E-state index is 12.9. The number of aromatic nitrogens is 1. The number of alkyl halides is 3. The van der Waals surface area contributed by atoms with Crippen LogP contribution in [0.25, 0.3) is 10.9 Å². The molecule has 174 valence electrons. The molecular weight excluding hydrogens is 431 g/mol. The molecule has 0 aliphatic carbocycles. The van der Waals surface area contributed by atoms with E-state index in [1.807, 2.05) is 24.4 Å². The van der Waals surface area contributed by atoms with Crippen LogP contribution in [-0.2, 0) is 17.4 Å². The summed E-state index contributed by atoms with van der Waals surface area (Å²) in [4.78, 5) is 17.8. The van der Waals surface area contributed by atoms with Crippen molar-refractivity contribution in [2.24, 2.45) is 0 Å². The van der Waals surface area contributed by atoms with E-state index in [9.17, 15) is 18.0 Å². The third kappa shape index (κ3) is 5.76. The minimum absolute atomic E-state index is 0.156. The number of methoxy groups -OCH3 is 1. The molecule has 5 nitrogen and oxygen atoms in total. The highest BCUT2D eigenvalue weighted by atomic mass is 19.4. The van der Waals surface area contributed by atoms with Gasteiger partial charge >= 0.3 is 6.18 Å². The van der Waals surface area contributed by atoms with E-state index in [2.05, 4.69) is 21.3 Å². The fraction of sp³-hybridized carbons (Fsp3) is 0.320. The second-order valence-electron chi connectivity index (χ2n) is 8.21. The van der Waals surface area contributed by atoms with Gasteiger partial charge < -0.3 is 15.0 Å². The van der Waals surface area contributed by atoms with Gasteiger partial charge in [-0.25, -0.2) is 0 Å². The topological polar surface area (TPSA) is 57.4 Å². The normalized spacial score (nSPS) is 14.8. The molecule has 4 rings (SSSR count). The Morgan fingerprint density at radius 3 is 2.85 bits per heavy atom. The molecule has 0 unspecified atom stereocenters. The molecule has 3 aromatic rings. The number of amides is 1. The number of fused-ring (bicyclic) bond motifs is 1. The smallest absolute Gasteiger partial charge is 0.416 e.